The van der Waals surface area contributed by atoms with E-state index in [0.29, 0.717) is 29.9 Å². The zero-order valence-electron chi connectivity index (χ0n) is 27.0. The van der Waals surface area contributed by atoms with Crippen molar-refractivity contribution in [2.24, 2.45) is 5.92 Å². The third-order valence-electron chi connectivity index (χ3n) is 11.1. The van der Waals surface area contributed by atoms with E-state index in [4.69, 9.17) is 4.74 Å². The summed E-state index contributed by atoms with van der Waals surface area (Å²) in [4.78, 5) is 45.6. The molecule has 6 aliphatic rings. The largest absolute Gasteiger partial charge is 0.375 e. The van der Waals surface area contributed by atoms with E-state index in [1.54, 1.807) is 17.7 Å². The molecular weight excluding hydrogens is 587 g/mol. The number of piperazine rings is 1. The third kappa shape index (κ3) is 6.96. The standard InChI is InChI=1S/C35H49FN6O4/c36-33-29-23-42(31-9-10-32(43)38-34(31)44)35(45)28(29)7-8-30(33)41-14-11-27(12-15-41)46-26-5-3-24(4-6-26)21-39-16-18-40(19-17-39)22-25-2-1-13-37-20-25/h7-8,21,25-27,31,37H,1-6,9-20,22-23H2,(H,38,43,44)/t25-,26?,31?/m0/s1. The average Bonchev–Trinajstić information content (AvgIpc) is 3.40. The minimum absolute atomic E-state index is 0.0480. The molecule has 5 aliphatic heterocycles. The highest BCUT2D eigenvalue weighted by Crippen LogP contribution is 2.35. The molecule has 3 amide bonds. The fraction of sp³-hybridized carbons (Fsp3) is 0.686. The predicted octanol–water partition coefficient (Wildman–Crippen LogP) is 3.02. The summed E-state index contributed by atoms with van der Waals surface area (Å²) < 4.78 is 22.4. The van der Waals surface area contributed by atoms with Gasteiger partial charge in [0.25, 0.3) is 5.91 Å². The number of ether oxygens (including phenoxy) is 1. The summed E-state index contributed by atoms with van der Waals surface area (Å²) in [6.45, 7) is 9.63. The molecular formula is C35H49FN6O4. The molecule has 11 heteroatoms. The molecule has 5 heterocycles. The van der Waals surface area contributed by atoms with Gasteiger partial charge >= 0.3 is 0 Å². The number of anilines is 1. The Labute approximate surface area is 271 Å². The van der Waals surface area contributed by atoms with Gasteiger partial charge in [-0.3, -0.25) is 24.6 Å². The van der Waals surface area contributed by atoms with Gasteiger partial charge in [-0.1, -0.05) is 5.57 Å². The van der Waals surface area contributed by atoms with Crippen LogP contribution in [0.2, 0.25) is 0 Å². The number of allylic oxidation sites excluding steroid dienone is 1. The van der Waals surface area contributed by atoms with Gasteiger partial charge in [-0.25, -0.2) is 4.39 Å². The molecule has 1 aliphatic carbocycles. The van der Waals surface area contributed by atoms with Crippen molar-refractivity contribution in [1.29, 1.82) is 0 Å². The maximum absolute atomic E-state index is 15.8. The van der Waals surface area contributed by atoms with Crippen LogP contribution in [-0.4, -0.2) is 110 Å². The van der Waals surface area contributed by atoms with Crippen molar-refractivity contribution in [3.8, 4) is 0 Å². The molecule has 1 unspecified atom stereocenters. The van der Waals surface area contributed by atoms with Crippen molar-refractivity contribution >= 4 is 23.4 Å². The first-order valence-corrected chi connectivity index (χ1v) is 17.6. The van der Waals surface area contributed by atoms with Crippen LogP contribution >= 0.6 is 0 Å². The highest BCUT2D eigenvalue weighted by Gasteiger charge is 2.41. The Kier molecular flexibility index (Phi) is 9.60. The van der Waals surface area contributed by atoms with E-state index in [9.17, 15) is 14.4 Å². The monoisotopic (exact) mass is 636 g/mol. The average molecular weight is 637 g/mol. The molecule has 0 aromatic heterocycles. The second kappa shape index (κ2) is 14.0. The van der Waals surface area contributed by atoms with Crippen molar-refractivity contribution in [3.05, 3.63) is 40.8 Å². The van der Waals surface area contributed by atoms with Crippen molar-refractivity contribution in [2.45, 2.75) is 89.0 Å². The molecule has 10 nitrogen and oxygen atoms in total. The molecule has 2 atom stereocenters. The summed E-state index contributed by atoms with van der Waals surface area (Å²) in [5.41, 5.74) is 2.72. The van der Waals surface area contributed by atoms with Crippen LogP contribution in [-0.2, 0) is 20.9 Å². The molecule has 0 radical (unpaired) electrons. The number of amides is 3. The van der Waals surface area contributed by atoms with Gasteiger partial charge in [0.05, 0.1) is 24.4 Å². The third-order valence-corrected chi connectivity index (χ3v) is 11.1. The minimum atomic E-state index is -0.746. The summed E-state index contributed by atoms with van der Waals surface area (Å²) in [6.07, 6.45) is 12.1. The fourth-order valence-corrected chi connectivity index (χ4v) is 8.35. The Balaban J connectivity index is 0.847. The SMILES string of the molecule is O=C1CCC(N2Cc3c(ccc(N4CCC(OC5CCC(=CN6CCN(C[C@H]7CCCNC7)CC6)CC5)CC4)c3F)C2=O)C(=O)N1. The number of rotatable bonds is 7. The topological polar surface area (TPSA) is 97.5 Å². The Morgan fingerprint density at radius 2 is 1.65 bits per heavy atom. The number of nitrogens with one attached hydrogen (secondary N) is 2. The molecule has 1 saturated carbocycles. The van der Waals surface area contributed by atoms with Crippen LogP contribution in [0.15, 0.2) is 23.9 Å². The molecule has 2 N–H and O–H groups in total. The van der Waals surface area contributed by atoms with E-state index in [1.807, 2.05) is 0 Å². The van der Waals surface area contributed by atoms with E-state index in [-0.39, 0.29) is 49.2 Å². The lowest BCUT2D eigenvalue weighted by Gasteiger charge is -2.38. The Morgan fingerprint density at radius 3 is 2.37 bits per heavy atom. The van der Waals surface area contributed by atoms with Crippen LogP contribution in [0.4, 0.5) is 10.1 Å². The molecule has 7 rings (SSSR count). The first-order chi connectivity index (χ1) is 22.4. The molecule has 1 aromatic rings. The van der Waals surface area contributed by atoms with Gasteiger partial charge in [-0.15, -0.1) is 0 Å². The number of hydrogen-bond acceptors (Lipinski definition) is 8. The molecule has 0 bridgehead atoms. The van der Waals surface area contributed by atoms with E-state index in [1.165, 1.54) is 50.5 Å². The smallest absolute Gasteiger partial charge is 0.255 e. The number of nitrogens with zero attached hydrogens (tertiary/aromatic N) is 4. The van der Waals surface area contributed by atoms with Gasteiger partial charge in [0.15, 0.2) is 5.82 Å². The van der Waals surface area contributed by atoms with Crippen LogP contribution in [0, 0.1) is 11.7 Å². The summed E-state index contributed by atoms with van der Waals surface area (Å²) in [7, 11) is 0. The van der Waals surface area contributed by atoms with Gasteiger partial charge in [-0.05, 0) is 95.1 Å². The summed E-state index contributed by atoms with van der Waals surface area (Å²) in [5, 5.41) is 5.85. The van der Waals surface area contributed by atoms with E-state index in [0.717, 1.165) is 57.5 Å². The fourth-order valence-electron chi connectivity index (χ4n) is 8.35. The number of fused-ring (bicyclic) bond motifs is 1. The van der Waals surface area contributed by atoms with Crippen molar-refractivity contribution < 1.29 is 23.5 Å². The van der Waals surface area contributed by atoms with Gasteiger partial charge in [0, 0.05) is 63.4 Å². The second-order valence-corrected chi connectivity index (χ2v) is 14.2. The molecule has 4 saturated heterocycles. The first kappa shape index (κ1) is 31.6. The normalized spacial score (nSPS) is 28.5. The van der Waals surface area contributed by atoms with Gasteiger partial charge in [0.2, 0.25) is 11.8 Å². The number of halogens is 1. The number of imide groups is 1. The maximum atomic E-state index is 15.8. The highest BCUT2D eigenvalue weighted by molar-refractivity contribution is 6.05. The molecule has 5 fully saturated rings. The van der Waals surface area contributed by atoms with Crippen molar-refractivity contribution in [1.82, 2.24) is 25.3 Å². The highest BCUT2D eigenvalue weighted by atomic mass is 19.1. The van der Waals surface area contributed by atoms with Crippen LogP contribution in [0.25, 0.3) is 0 Å². The first-order valence-electron chi connectivity index (χ1n) is 17.6. The lowest BCUT2D eigenvalue weighted by Crippen LogP contribution is -2.52. The summed E-state index contributed by atoms with van der Waals surface area (Å²) in [6, 6.07) is 2.64. The van der Waals surface area contributed by atoms with Gasteiger partial charge in [-0.2, -0.15) is 0 Å². The zero-order chi connectivity index (χ0) is 31.6. The molecule has 250 valence electrons. The lowest BCUT2D eigenvalue weighted by atomic mass is 9.92. The zero-order valence-corrected chi connectivity index (χ0v) is 27.0. The van der Waals surface area contributed by atoms with E-state index < -0.39 is 11.9 Å². The van der Waals surface area contributed by atoms with Crippen LogP contribution in [0.3, 0.4) is 0 Å². The van der Waals surface area contributed by atoms with E-state index in [2.05, 4.69) is 31.5 Å². The minimum Gasteiger partial charge on any atom is -0.375 e. The summed E-state index contributed by atoms with van der Waals surface area (Å²) in [5.74, 6) is -0.735. The van der Waals surface area contributed by atoms with Crippen molar-refractivity contribution in [2.75, 3.05) is 63.8 Å². The second-order valence-electron chi connectivity index (χ2n) is 14.2. The number of benzene rings is 1. The Bertz CT molecular complexity index is 1320. The predicted molar refractivity (Wildman–Crippen MR) is 173 cm³/mol. The molecule has 0 spiro atoms. The van der Waals surface area contributed by atoms with Crippen LogP contribution in [0.1, 0.15) is 80.1 Å². The lowest BCUT2D eigenvalue weighted by molar-refractivity contribution is -0.136. The Morgan fingerprint density at radius 1 is 0.891 bits per heavy atom. The van der Waals surface area contributed by atoms with E-state index >= 15 is 4.39 Å². The quantitative estimate of drug-likeness (QED) is 0.441. The van der Waals surface area contributed by atoms with Gasteiger partial charge in [0.1, 0.15) is 6.04 Å². The molecule has 1 aromatic carbocycles. The number of carbonyl (C=O) groups is 3. The Hall–Kier alpha value is -3.02. The number of piperidine rings is 3. The summed E-state index contributed by atoms with van der Waals surface area (Å²) >= 11 is 0. The van der Waals surface area contributed by atoms with Gasteiger partial charge < -0.3 is 24.8 Å². The van der Waals surface area contributed by atoms with Crippen molar-refractivity contribution in [3.63, 3.8) is 0 Å². The number of carbonyl (C=O) groups excluding carboxylic acids is 3. The molecule has 46 heavy (non-hydrogen) atoms. The van der Waals surface area contributed by atoms with Crippen LogP contribution in [0.5, 0.6) is 0 Å². The number of hydrogen-bond donors (Lipinski definition) is 2. The van der Waals surface area contributed by atoms with Crippen LogP contribution < -0.4 is 15.5 Å². The maximum Gasteiger partial charge on any atom is 0.255 e.